The molecule has 0 saturated heterocycles. The lowest BCUT2D eigenvalue weighted by molar-refractivity contribution is 0.610. The van der Waals surface area contributed by atoms with Crippen LogP contribution in [0, 0.1) is 5.92 Å². The van der Waals surface area contributed by atoms with Crippen molar-refractivity contribution in [3.63, 3.8) is 0 Å². The zero-order valence-corrected chi connectivity index (χ0v) is 32.0. The fourth-order valence-corrected chi connectivity index (χ4v) is 10.4. The molecule has 0 N–H and O–H groups in total. The summed E-state index contributed by atoms with van der Waals surface area (Å²) in [7, 11) is 0. The molecule has 56 heavy (non-hydrogen) atoms. The Hall–Kier alpha value is -5.86. The Labute approximate surface area is 331 Å². The predicted molar refractivity (Wildman–Crippen MR) is 235 cm³/mol. The van der Waals surface area contributed by atoms with Gasteiger partial charge in [0, 0.05) is 51.4 Å². The van der Waals surface area contributed by atoms with Gasteiger partial charge >= 0.3 is 0 Å². The van der Waals surface area contributed by atoms with E-state index in [1.54, 1.807) is 0 Å². The normalized spacial score (nSPS) is 24.8. The quantitative estimate of drug-likeness (QED) is 0.192. The predicted octanol–water partition coefficient (Wildman–Crippen LogP) is 13.7. The van der Waals surface area contributed by atoms with Gasteiger partial charge in [-0.05, 0) is 132 Å². The summed E-state index contributed by atoms with van der Waals surface area (Å²) in [6.07, 6.45) is 46.8. The molecule has 7 aliphatic rings. The smallest absolute Gasteiger partial charge is 0.0560 e. The van der Waals surface area contributed by atoms with Crippen molar-refractivity contribution in [3.05, 3.63) is 220 Å². The highest BCUT2D eigenvalue weighted by Gasteiger charge is 2.37. The van der Waals surface area contributed by atoms with Gasteiger partial charge in [0.15, 0.2) is 0 Å². The van der Waals surface area contributed by atoms with Crippen molar-refractivity contribution in [1.82, 2.24) is 4.57 Å². The monoisotopic (exact) mass is 724 g/mol. The van der Waals surface area contributed by atoms with Gasteiger partial charge in [-0.15, -0.1) is 0 Å². The molecule has 4 aromatic rings. The third-order valence-electron chi connectivity index (χ3n) is 13.3. The molecule has 1 aromatic heterocycles. The van der Waals surface area contributed by atoms with Crippen molar-refractivity contribution in [3.8, 4) is 0 Å². The van der Waals surface area contributed by atoms with E-state index in [9.17, 15) is 0 Å². The highest BCUT2D eigenvalue weighted by Crippen LogP contribution is 2.52. The van der Waals surface area contributed by atoms with Gasteiger partial charge < -0.3 is 9.47 Å². The molecule has 0 fully saturated rings. The maximum absolute atomic E-state index is 2.63. The number of rotatable bonds is 6. The van der Waals surface area contributed by atoms with Crippen LogP contribution in [-0.4, -0.2) is 4.57 Å². The van der Waals surface area contributed by atoms with Gasteiger partial charge in [0.25, 0.3) is 0 Å². The first-order chi connectivity index (χ1) is 27.8. The number of hydrogen-bond donors (Lipinski definition) is 0. The number of hydrogen-bond acceptors (Lipinski definition) is 1. The molecule has 2 heterocycles. The fourth-order valence-electron chi connectivity index (χ4n) is 10.4. The van der Waals surface area contributed by atoms with E-state index in [4.69, 9.17) is 0 Å². The van der Waals surface area contributed by atoms with Crippen molar-refractivity contribution in [2.24, 2.45) is 5.92 Å². The minimum absolute atomic E-state index is 0.349. The summed E-state index contributed by atoms with van der Waals surface area (Å²) < 4.78 is 2.63. The third-order valence-corrected chi connectivity index (χ3v) is 13.3. The largest absolute Gasteiger partial charge is 0.333 e. The molecule has 0 bridgehead atoms. The molecular formula is C54H48N2. The van der Waals surface area contributed by atoms with E-state index in [0.717, 1.165) is 51.4 Å². The van der Waals surface area contributed by atoms with E-state index in [2.05, 4.69) is 179 Å². The summed E-state index contributed by atoms with van der Waals surface area (Å²) >= 11 is 0. The molecule has 0 spiro atoms. The van der Waals surface area contributed by atoms with Crippen LogP contribution in [-0.2, 0) is 6.42 Å². The second-order valence-electron chi connectivity index (χ2n) is 16.5. The molecule has 4 unspecified atom stereocenters. The highest BCUT2D eigenvalue weighted by atomic mass is 15.2. The Kier molecular flexibility index (Phi) is 8.38. The van der Waals surface area contributed by atoms with Crippen LogP contribution in [0.15, 0.2) is 192 Å². The zero-order valence-electron chi connectivity index (χ0n) is 32.0. The molecule has 2 nitrogen and oxygen atoms in total. The summed E-state index contributed by atoms with van der Waals surface area (Å²) in [6.45, 7) is 0. The van der Waals surface area contributed by atoms with Crippen LogP contribution in [0.5, 0.6) is 0 Å². The van der Waals surface area contributed by atoms with Crippen molar-refractivity contribution in [2.75, 3.05) is 4.90 Å². The summed E-state index contributed by atoms with van der Waals surface area (Å²) in [5, 5.41) is 1.45. The molecule has 274 valence electrons. The van der Waals surface area contributed by atoms with Crippen LogP contribution in [0.25, 0.3) is 22.6 Å². The van der Waals surface area contributed by atoms with Crippen LogP contribution in [0.3, 0.4) is 0 Å². The summed E-state index contributed by atoms with van der Waals surface area (Å²) in [4.78, 5) is 2.54. The lowest BCUT2D eigenvalue weighted by atomic mass is 9.81. The topological polar surface area (TPSA) is 8.17 Å². The molecule has 2 heteroatoms. The van der Waals surface area contributed by atoms with Crippen LogP contribution in [0.1, 0.15) is 90.8 Å². The summed E-state index contributed by atoms with van der Waals surface area (Å²) in [5.41, 5.74) is 18.3. The maximum atomic E-state index is 2.63. The Morgan fingerprint density at radius 1 is 0.661 bits per heavy atom. The first kappa shape index (κ1) is 33.5. The number of anilines is 1. The van der Waals surface area contributed by atoms with E-state index < -0.39 is 0 Å². The zero-order chi connectivity index (χ0) is 37.0. The Morgan fingerprint density at radius 2 is 1.59 bits per heavy atom. The second kappa shape index (κ2) is 14.0. The van der Waals surface area contributed by atoms with Gasteiger partial charge in [-0.2, -0.15) is 0 Å². The van der Waals surface area contributed by atoms with Crippen LogP contribution >= 0.6 is 0 Å². The van der Waals surface area contributed by atoms with E-state index in [0.29, 0.717) is 23.8 Å². The number of aromatic nitrogens is 1. The van der Waals surface area contributed by atoms with E-state index >= 15 is 0 Å². The van der Waals surface area contributed by atoms with E-state index in [1.807, 2.05) is 0 Å². The lowest BCUT2D eigenvalue weighted by Crippen LogP contribution is -2.21. The van der Waals surface area contributed by atoms with Crippen molar-refractivity contribution >= 4 is 28.2 Å². The molecule has 0 amide bonds. The molecule has 1 aliphatic heterocycles. The third kappa shape index (κ3) is 5.77. The lowest BCUT2D eigenvalue weighted by Gasteiger charge is -2.29. The minimum atomic E-state index is 0.349. The van der Waals surface area contributed by atoms with Gasteiger partial charge in [-0.1, -0.05) is 134 Å². The number of benzene rings is 3. The molecule has 11 rings (SSSR count). The molecule has 6 aliphatic carbocycles. The standard InChI is InChI=1S/C54H48N2/c1-3-12-37(13-4-1)39-26-30-45(31-27-39)55-51-20-9-7-18-47(51)49-35-43(28-32-53(49)55)40-22-24-41(25-23-40)44-29-33-54-50(36-44)48-19-8-10-21-52(48)56(54)46-17-11-16-42(34-46)38-14-5-2-6-15-38/h1-6,8-10,12,14-15,17,19-22,24-30,32-35,37,40,45,50H,7,11,13,16,18,23,31,36H2. The highest BCUT2D eigenvalue weighted by molar-refractivity contribution is 5.90. The summed E-state index contributed by atoms with van der Waals surface area (Å²) in [5.74, 6) is 1.27. The molecule has 0 saturated carbocycles. The Bertz CT molecular complexity index is 2600. The van der Waals surface area contributed by atoms with Gasteiger partial charge in [0.2, 0.25) is 0 Å². The number of fused-ring (bicyclic) bond motifs is 6. The van der Waals surface area contributed by atoms with Crippen molar-refractivity contribution < 1.29 is 0 Å². The van der Waals surface area contributed by atoms with Gasteiger partial charge in [0.1, 0.15) is 0 Å². The van der Waals surface area contributed by atoms with Crippen molar-refractivity contribution in [2.45, 2.75) is 69.2 Å². The molecule has 4 atom stereocenters. The molecule has 3 aromatic carbocycles. The van der Waals surface area contributed by atoms with Crippen molar-refractivity contribution in [1.29, 1.82) is 0 Å². The average Bonchev–Trinajstić information content (AvgIpc) is 3.79. The van der Waals surface area contributed by atoms with Gasteiger partial charge in [-0.3, -0.25) is 0 Å². The van der Waals surface area contributed by atoms with Gasteiger partial charge in [-0.25, -0.2) is 0 Å². The molecular weight excluding hydrogens is 677 g/mol. The summed E-state index contributed by atoms with van der Waals surface area (Å²) in [6, 6.07) is 27.7. The molecule has 0 radical (unpaired) electrons. The van der Waals surface area contributed by atoms with Crippen LogP contribution in [0.4, 0.5) is 5.69 Å². The SMILES string of the molecule is C1=CCC(C2=CCC(n3c4c(c5cc(C6C=CC(C7=CC=C8C(C7)c7ccccc7N8C7=CCCC(c8ccccc8)=C7)=CC6)ccc53)CCC=C4)C=C2)C=C1. The fraction of sp³-hybridized carbons (Fsp3) is 0.222. The van der Waals surface area contributed by atoms with E-state index in [1.165, 1.54) is 78.2 Å². The van der Waals surface area contributed by atoms with Crippen LogP contribution in [0.2, 0.25) is 0 Å². The maximum Gasteiger partial charge on any atom is 0.0560 e. The van der Waals surface area contributed by atoms with Gasteiger partial charge in [0.05, 0.1) is 6.04 Å². The Balaban J connectivity index is 0.845. The number of para-hydroxylation sites is 1. The van der Waals surface area contributed by atoms with E-state index in [-0.39, 0.29) is 0 Å². The Morgan fingerprint density at radius 3 is 2.45 bits per heavy atom. The van der Waals surface area contributed by atoms with Crippen LogP contribution < -0.4 is 4.90 Å². The number of allylic oxidation sites excluding steroid dienone is 20. The minimum Gasteiger partial charge on any atom is -0.333 e. The number of nitrogens with zero attached hydrogens (tertiary/aromatic N) is 2. The first-order valence-corrected chi connectivity index (χ1v) is 21.0. The first-order valence-electron chi connectivity index (χ1n) is 21.0. The second-order valence-corrected chi connectivity index (χ2v) is 16.5. The number of aryl methyl sites for hydroxylation is 1. The average molecular weight is 725 g/mol.